The van der Waals surface area contributed by atoms with Crippen molar-refractivity contribution in [1.29, 1.82) is 0 Å². The molecule has 0 aromatic rings. The molecule has 1 aliphatic heterocycles. The van der Waals surface area contributed by atoms with Gasteiger partial charge in [-0.15, -0.1) is 0 Å². The van der Waals surface area contributed by atoms with E-state index in [4.69, 9.17) is 0 Å². The second-order valence-corrected chi connectivity index (χ2v) is 6.85. The monoisotopic (exact) mass is 284 g/mol. The lowest BCUT2D eigenvalue weighted by atomic mass is 9.79. The van der Waals surface area contributed by atoms with Crippen molar-refractivity contribution in [2.45, 2.75) is 46.6 Å². The lowest BCUT2D eigenvalue weighted by Gasteiger charge is -2.36. The van der Waals surface area contributed by atoms with Crippen molar-refractivity contribution in [3.05, 3.63) is 0 Å². The lowest BCUT2D eigenvalue weighted by molar-refractivity contribution is -0.157. The van der Waals surface area contributed by atoms with Crippen molar-refractivity contribution in [3.63, 3.8) is 0 Å². The number of hydrogen-bond acceptors (Lipinski definition) is 3. The van der Waals surface area contributed by atoms with Gasteiger partial charge in [-0.1, -0.05) is 27.7 Å². The second-order valence-electron chi connectivity index (χ2n) is 6.85. The van der Waals surface area contributed by atoms with Crippen LogP contribution in [0.1, 0.15) is 40.5 Å². The molecule has 1 aliphatic rings. The molecule has 20 heavy (non-hydrogen) atoms. The summed E-state index contributed by atoms with van der Waals surface area (Å²) in [5, 5.41) is 9.43. The molecule has 5 nitrogen and oxygen atoms in total. The van der Waals surface area contributed by atoms with Crippen molar-refractivity contribution >= 4 is 11.9 Å². The molecule has 0 radical (unpaired) electrons. The quantitative estimate of drug-likeness (QED) is 0.801. The first kappa shape index (κ1) is 17.0. The number of hydrogen-bond donors (Lipinski definition) is 1. The smallest absolute Gasteiger partial charge is 0.316 e. The van der Waals surface area contributed by atoms with Crippen LogP contribution in [0.4, 0.5) is 0 Å². The Balaban J connectivity index is 2.99. The summed E-state index contributed by atoms with van der Waals surface area (Å²) in [6.07, 6.45) is 1.75. The highest BCUT2D eigenvalue weighted by Crippen LogP contribution is 2.29. The fourth-order valence-corrected chi connectivity index (χ4v) is 2.90. The van der Waals surface area contributed by atoms with Crippen LogP contribution in [0, 0.1) is 11.3 Å². The molecule has 0 aliphatic carbocycles. The molecule has 1 amide bonds. The third-order valence-corrected chi connectivity index (χ3v) is 4.02. The molecule has 0 bridgehead atoms. The Morgan fingerprint density at radius 2 is 1.90 bits per heavy atom. The third-order valence-electron chi connectivity index (χ3n) is 4.02. The third kappa shape index (κ3) is 3.95. The van der Waals surface area contributed by atoms with E-state index in [1.54, 1.807) is 4.90 Å². The average molecular weight is 284 g/mol. The van der Waals surface area contributed by atoms with Gasteiger partial charge in [-0.2, -0.15) is 0 Å². The maximum atomic E-state index is 12.7. The molecule has 116 valence electrons. The maximum absolute atomic E-state index is 12.7. The first-order chi connectivity index (χ1) is 9.18. The zero-order valence-corrected chi connectivity index (χ0v) is 13.3. The van der Waals surface area contributed by atoms with Crippen molar-refractivity contribution < 1.29 is 14.7 Å². The number of nitrogens with zero attached hydrogens (tertiary/aromatic N) is 2. The molecule has 0 saturated carbocycles. The van der Waals surface area contributed by atoms with Gasteiger partial charge < -0.3 is 14.9 Å². The Morgan fingerprint density at radius 1 is 1.30 bits per heavy atom. The van der Waals surface area contributed by atoms with Crippen molar-refractivity contribution in [2.75, 3.05) is 26.7 Å². The van der Waals surface area contributed by atoms with E-state index in [2.05, 4.69) is 18.9 Å². The standard InChI is InChI=1S/C15H28N2O3/c1-6-11-10-16(5)8-7-9-17(11)13(18)12(14(19)20)15(2,3)4/h11-12H,6-10H2,1-5H3,(H,19,20). The van der Waals surface area contributed by atoms with Gasteiger partial charge in [0.25, 0.3) is 0 Å². The lowest BCUT2D eigenvalue weighted by Crippen LogP contribution is -2.50. The molecular weight excluding hydrogens is 256 g/mol. The summed E-state index contributed by atoms with van der Waals surface area (Å²) in [5.74, 6) is -2.22. The molecule has 0 aromatic heterocycles. The molecule has 1 saturated heterocycles. The number of aliphatic carboxylic acids is 1. The number of rotatable bonds is 3. The van der Waals surface area contributed by atoms with Crippen LogP contribution in [-0.4, -0.2) is 59.5 Å². The van der Waals surface area contributed by atoms with Gasteiger partial charge in [0.1, 0.15) is 5.92 Å². The summed E-state index contributed by atoms with van der Waals surface area (Å²) in [7, 11) is 2.05. The Hall–Kier alpha value is -1.10. The molecule has 0 spiro atoms. The van der Waals surface area contributed by atoms with E-state index in [9.17, 15) is 14.7 Å². The van der Waals surface area contributed by atoms with E-state index in [0.29, 0.717) is 6.54 Å². The maximum Gasteiger partial charge on any atom is 0.316 e. The molecule has 1 heterocycles. The summed E-state index contributed by atoms with van der Waals surface area (Å²) in [5.41, 5.74) is -0.570. The van der Waals surface area contributed by atoms with E-state index in [0.717, 1.165) is 25.9 Å². The van der Waals surface area contributed by atoms with Crippen LogP contribution in [0.2, 0.25) is 0 Å². The van der Waals surface area contributed by atoms with E-state index < -0.39 is 17.3 Å². The van der Waals surface area contributed by atoms with Gasteiger partial charge in [-0.25, -0.2) is 0 Å². The average Bonchev–Trinajstić information content (AvgIpc) is 2.47. The fourth-order valence-electron chi connectivity index (χ4n) is 2.90. The van der Waals surface area contributed by atoms with Crippen LogP contribution in [0.5, 0.6) is 0 Å². The van der Waals surface area contributed by atoms with Crippen molar-refractivity contribution in [2.24, 2.45) is 11.3 Å². The summed E-state index contributed by atoms with van der Waals surface area (Å²) in [4.78, 5) is 28.3. The number of carbonyl (C=O) groups excluding carboxylic acids is 1. The summed E-state index contributed by atoms with van der Waals surface area (Å²) in [6, 6.07) is 0.110. The molecule has 1 rings (SSSR count). The van der Waals surface area contributed by atoms with Gasteiger partial charge >= 0.3 is 5.97 Å². The number of carboxylic acid groups (broad SMARTS) is 1. The SMILES string of the molecule is CCC1CN(C)CCCN1C(=O)C(C(=O)O)C(C)(C)C. The minimum atomic E-state index is -1.02. The van der Waals surface area contributed by atoms with Crippen LogP contribution in [-0.2, 0) is 9.59 Å². The van der Waals surface area contributed by atoms with Gasteiger partial charge in [0.2, 0.25) is 5.91 Å². The van der Waals surface area contributed by atoms with Crippen LogP contribution in [0.15, 0.2) is 0 Å². The highest BCUT2D eigenvalue weighted by atomic mass is 16.4. The van der Waals surface area contributed by atoms with Crippen LogP contribution in [0.25, 0.3) is 0 Å². The van der Waals surface area contributed by atoms with Gasteiger partial charge in [-0.3, -0.25) is 9.59 Å². The highest BCUT2D eigenvalue weighted by Gasteiger charge is 2.42. The first-order valence-corrected chi connectivity index (χ1v) is 7.40. The molecule has 5 heteroatoms. The van der Waals surface area contributed by atoms with Gasteiger partial charge in [-0.05, 0) is 31.8 Å². The Labute approximate surface area is 121 Å². The van der Waals surface area contributed by atoms with Gasteiger partial charge in [0, 0.05) is 19.1 Å². The van der Waals surface area contributed by atoms with E-state index >= 15 is 0 Å². The number of carbonyl (C=O) groups is 2. The second kappa shape index (κ2) is 6.57. The van der Waals surface area contributed by atoms with E-state index in [1.165, 1.54) is 0 Å². The van der Waals surface area contributed by atoms with Crippen LogP contribution >= 0.6 is 0 Å². The van der Waals surface area contributed by atoms with Gasteiger partial charge in [0.15, 0.2) is 0 Å². The Kier molecular flexibility index (Phi) is 5.57. The van der Waals surface area contributed by atoms with Crippen LogP contribution in [0.3, 0.4) is 0 Å². The highest BCUT2D eigenvalue weighted by molar-refractivity contribution is 5.98. The Morgan fingerprint density at radius 3 is 2.35 bits per heavy atom. The van der Waals surface area contributed by atoms with Gasteiger partial charge in [0.05, 0.1) is 0 Å². The molecule has 1 N–H and O–H groups in total. The summed E-state index contributed by atoms with van der Waals surface area (Å²) < 4.78 is 0. The Bertz CT molecular complexity index is 363. The number of amides is 1. The minimum Gasteiger partial charge on any atom is -0.481 e. The zero-order chi connectivity index (χ0) is 15.5. The first-order valence-electron chi connectivity index (χ1n) is 7.40. The zero-order valence-electron chi connectivity index (χ0n) is 13.3. The molecule has 1 fully saturated rings. The van der Waals surface area contributed by atoms with Crippen LogP contribution < -0.4 is 0 Å². The summed E-state index contributed by atoms with van der Waals surface area (Å²) in [6.45, 7) is 9.92. The molecule has 2 unspecified atom stereocenters. The fraction of sp³-hybridized carbons (Fsp3) is 0.867. The number of likely N-dealkylation sites (N-methyl/N-ethyl adjacent to an activating group) is 1. The normalized spacial score (nSPS) is 23.2. The largest absolute Gasteiger partial charge is 0.481 e. The molecule has 2 atom stereocenters. The van der Waals surface area contributed by atoms with E-state index in [1.807, 2.05) is 20.8 Å². The summed E-state index contributed by atoms with van der Waals surface area (Å²) >= 11 is 0. The molecule has 0 aromatic carbocycles. The molecular formula is C15H28N2O3. The topological polar surface area (TPSA) is 60.9 Å². The predicted molar refractivity (Wildman–Crippen MR) is 78.5 cm³/mol. The van der Waals surface area contributed by atoms with Crippen molar-refractivity contribution in [1.82, 2.24) is 9.80 Å². The minimum absolute atomic E-state index is 0.110. The van der Waals surface area contributed by atoms with E-state index in [-0.39, 0.29) is 11.9 Å². The van der Waals surface area contributed by atoms with Crippen molar-refractivity contribution in [3.8, 4) is 0 Å². The predicted octanol–water partition coefficient (Wildman–Crippen LogP) is 1.68. The number of carboxylic acids is 1.